The summed E-state index contributed by atoms with van der Waals surface area (Å²) in [6, 6.07) is 0. The maximum atomic E-state index is 10.9. The average Bonchev–Trinajstić information content (AvgIpc) is 2.68. The molecule has 0 aromatic heterocycles. The molecule has 0 radical (unpaired) electrons. The van der Waals surface area contributed by atoms with Crippen LogP contribution in [-0.2, 0) is 14.3 Å². The normalized spacial score (nSPS) is 9.22. The predicted octanol–water partition coefficient (Wildman–Crippen LogP) is 5.18. The highest BCUT2D eigenvalue weighted by atomic mass is 16.6. The summed E-state index contributed by atoms with van der Waals surface area (Å²) in [5.41, 5.74) is -0.555. The third-order valence-corrected chi connectivity index (χ3v) is 1.67. The first-order valence-corrected chi connectivity index (χ1v) is 8.67. The van der Waals surface area contributed by atoms with Crippen LogP contribution in [0.5, 0.6) is 0 Å². The Balaban J connectivity index is -0.0000000987. The lowest BCUT2D eigenvalue weighted by Crippen LogP contribution is -2.35. The molecule has 27 heavy (non-hydrogen) atoms. The van der Waals surface area contributed by atoms with Gasteiger partial charge in [0.25, 0.3) is 0 Å². The molecule has 0 rings (SSSR count). The van der Waals surface area contributed by atoms with E-state index >= 15 is 0 Å². The number of esters is 1. The molecule has 0 aromatic rings. The van der Waals surface area contributed by atoms with E-state index in [1.54, 1.807) is 32.9 Å². The maximum Gasteiger partial charge on any atom is 0.408 e. The molecule has 0 unspecified atom stereocenters. The highest BCUT2D eigenvalue weighted by Crippen LogP contribution is 2.05. The zero-order valence-electron chi connectivity index (χ0n) is 18.5. The third kappa shape index (κ3) is 45.2. The quantitative estimate of drug-likeness (QED) is 0.301. The van der Waals surface area contributed by atoms with E-state index in [0.29, 0.717) is 0 Å². The van der Waals surface area contributed by atoms with Crippen LogP contribution in [0.2, 0.25) is 0 Å². The standard InChI is InChI=1S/C8H15NO4.C7H10O.2C2H6.C2H2/c1-8(2,3)13-7(11)9-5-6(10)12-4;1-3-5-6-7(8)4-2;3*1-2/h5H2,1-4H3,(H,9,11);3-6,8H,2H2,1H3;2*1-2H3;1-2H/b;5-3+,7-6+;;;. The summed E-state index contributed by atoms with van der Waals surface area (Å²) in [7, 11) is 1.25. The monoisotopic (exact) mass is 385 g/mol. The average molecular weight is 386 g/mol. The molecular weight excluding hydrogens is 346 g/mol. The summed E-state index contributed by atoms with van der Waals surface area (Å²) in [6.45, 7) is 18.3. The Hall–Kier alpha value is -2.68. The van der Waals surface area contributed by atoms with Gasteiger partial charge in [0, 0.05) is 0 Å². The summed E-state index contributed by atoms with van der Waals surface area (Å²) < 4.78 is 9.20. The van der Waals surface area contributed by atoms with Crippen molar-refractivity contribution in [1.29, 1.82) is 0 Å². The Morgan fingerprint density at radius 3 is 1.89 bits per heavy atom. The second-order valence-electron chi connectivity index (χ2n) is 4.75. The number of ether oxygens (including phenoxy) is 2. The minimum atomic E-state index is -0.627. The van der Waals surface area contributed by atoms with Crippen molar-refractivity contribution in [2.24, 2.45) is 0 Å². The SMILES string of the molecule is C#C.C=C/C(O)=C\C=C\C.CC.CC.COC(=O)CNC(=O)OC(C)(C)C. The lowest BCUT2D eigenvalue weighted by Gasteiger charge is -2.19. The Morgan fingerprint density at radius 1 is 1.15 bits per heavy atom. The molecule has 158 valence electrons. The molecule has 1 amide bonds. The van der Waals surface area contributed by atoms with E-state index in [2.05, 4.69) is 29.5 Å². The van der Waals surface area contributed by atoms with Crippen LogP contribution in [0.25, 0.3) is 0 Å². The molecule has 0 aliphatic carbocycles. The highest BCUT2D eigenvalue weighted by Gasteiger charge is 2.16. The fourth-order valence-electron chi connectivity index (χ4n) is 0.794. The minimum Gasteiger partial charge on any atom is -0.508 e. The van der Waals surface area contributed by atoms with Crippen LogP contribution in [-0.4, -0.2) is 36.4 Å². The van der Waals surface area contributed by atoms with Gasteiger partial charge in [-0.15, -0.1) is 12.8 Å². The van der Waals surface area contributed by atoms with Gasteiger partial charge in [-0.2, -0.15) is 0 Å². The number of allylic oxidation sites excluding steroid dienone is 4. The number of hydrogen-bond donors (Lipinski definition) is 2. The first kappa shape index (κ1) is 35.4. The van der Waals surface area contributed by atoms with Gasteiger partial charge in [0.15, 0.2) is 0 Å². The van der Waals surface area contributed by atoms with Crippen LogP contribution >= 0.6 is 0 Å². The van der Waals surface area contributed by atoms with Crippen molar-refractivity contribution >= 4 is 12.1 Å². The Kier molecular flexibility index (Phi) is 36.9. The lowest BCUT2D eigenvalue weighted by molar-refractivity contribution is -0.139. The second kappa shape index (κ2) is 28.1. The second-order valence-corrected chi connectivity index (χ2v) is 4.75. The number of carbonyl (C=O) groups is 2. The van der Waals surface area contributed by atoms with Gasteiger partial charge in [0.1, 0.15) is 17.9 Å². The number of amides is 1. The van der Waals surface area contributed by atoms with Gasteiger partial charge in [-0.05, 0) is 39.8 Å². The van der Waals surface area contributed by atoms with Crippen molar-refractivity contribution in [3.05, 3.63) is 36.6 Å². The van der Waals surface area contributed by atoms with E-state index < -0.39 is 17.7 Å². The molecule has 0 fully saturated rings. The summed E-state index contributed by atoms with van der Waals surface area (Å²) in [5, 5.41) is 10.9. The van der Waals surface area contributed by atoms with E-state index in [1.807, 2.05) is 40.7 Å². The lowest BCUT2D eigenvalue weighted by atomic mass is 10.2. The topological polar surface area (TPSA) is 84.9 Å². The fourth-order valence-corrected chi connectivity index (χ4v) is 0.794. The molecule has 0 bridgehead atoms. The van der Waals surface area contributed by atoms with Gasteiger partial charge in [-0.3, -0.25) is 4.79 Å². The van der Waals surface area contributed by atoms with Crippen LogP contribution < -0.4 is 5.32 Å². The molecule has 0 spiro atoms. The van der Waals surface area contributed by atoms with Crippen LogP contribution in [0.15, 0.2) is 36.6 Å². The largest absolute Gasteiger partial charge is 0.508 e. The van der Waals surface area contributed by atoms with Crippen molar-refractivity contribution in [3.8, 4) is 12.8 Å². The number of nitrogens with one attached hydrogen (secondary N) is 1. The summed E-state index contributed by atoms with van der Waals surface area (Å²) >= 11 is 0. The van der Waals surface area contributed by atoms with Crippen LogP contribution in [0.1, 0.15) is 55.4 Å². The van der Waals surface area contributed by atoms with Crippen molar-refractivity contribution < 1.29 is 24.2 Å². The van der Waals surface area contributed by atoms with Crippen LogP contribution in [0.3, 0.4) is 0 Å². The molecule has 0 atom stereocenters. The number of alkyl carbamates (subject to hydrolysis) is 1. The van der Waals surface area contributed by atoms with E-state index in [1.165, 1.54) is 13.2 Å². The molecular formula is C21H39NO5. The van der Waals surface area contributed by atoms with Crippen molar-refractivity contribution in [3.63, 3.8) is 0 Å². The molecule has 0 saturated heterocycles. The summed E-state index contributed by atoms with van der Waals surface area (Å²) in [6.07, 6.45) is 13.9. The fraction of sp³-hybridized carbons (Fsp3) is 0.524. The van der Waals surface area contributed by atoms with E-state index in [0.717, 1.165) is 0 Å². The van der Waals surface area contributed by atoms with Crippen LogP contribution in [0, 0.1) is 12.8 Å². The van der Waals surface area contributed by atoms with Crippen molar-refractivity contribution in [2.75, 3.05) is 13.7 Å². The van der Waals surface area contributed by atoms with Crippen molar-refractivity contribution in [1.82, 2.24) is 5.32 Å². The molecule has 0 aromatic carbocycles. The maximum absolute atomic E-state index is 10.9. The zero-order chi connectivity index (χ0) is 22.9. The van der Waals surface area contributed by atoms with E-state index in [9.17, 15) is 9.59 Å². The number of terminal acetylenes is 1. The minimum absolute atomic E-state index is 0.175. The summed E-state index contributed by atoms with van der Waals surface area (Å²) in [5.74, 6) is -0.311. The number of carbonyl (C=O) groups excluding carboxylic acids is 2. The Bertz CT molecular complexity index is 430. The molecule has 0 aliphatic heterocycles. The Morgan fingerprint density at radius 2 is 1.59 bits per heavy atom. The van der Waals surface area contributed by atoms with Gasteiger partial charge in [0.2, 0.25) is 0 Å². The third-order valence-electron chi connectivity index (χ3n) is 1.67. The molecule has 0 aliphatic rings. The number of methoxy groups -OCH3 is 1. The Labute approximate surface area is 166 Å². The predicted molar refractivity (Wildman–Crippen MR) is 115 cm³/mol. The van der Waals surface area contributed by atoms with Crippen molar-refractivity contribution in [2.45, 2.75) is 61.0 Å². The molecule has 0 saturated carbocycles. The molecule has 0 heterocycles. The number of aliphatic hydroxyl groups is 1. The highest BCUT2D eigenvalue weighted by molar-refractivity contribution is 5.77. The number of aliphatic hydroxyl groups excluding tert-OH is 1. The van der Waals surface area contributed by atoms with Gasteiger partial charge in [-0.1, -0.05) is 46.4 Å². The van der Waals surface area contributed by atoms with E-state index in [4.69, 9.17) is 9.84 Å². The molecule has 6 heteroatoms. The van der Waals surface area contributed by atoms with Gasteiger partial charge >= 0.3 is 12.1 Å². The van der Waals surface area contributed by atoms with Gasteiger partial charge < -0.3 is 19.9 Å². The molecule has 6 nitrogen and oxygen atoms in total. The first-order chi connectivity index (χ1) is 12.7. The molecule has 2 N–H and O–H groups in total. The number of rotatable bonds is 4. The smallest absolute Gasteiger partial charge is 0.408 e. The van der Waals surface area contributed by atoms with Gasteiger partial charge in [0.05, 0.1) is 7.11 Å². The van der Waals surface area contributed by atoms with Gasteiger partial charge in [-0.25, -0.2) is 4.79 Å². The van der Waals surface area contributed by atoms with E-state index in [-0.39, 0.29) is 12.3 Å². The summed E-state index contributed by atoms with van der Waals surface area (Å²) in [4.78, 5) is 21.5. The number of hydrogen-bond acceptors (Lipinski definition) is 5. The first-order valence-electron chi connectivity index (χ1n) is 8.67. The zero-order valence-corrected chi connectivity index (χ0v) is 18.5. The van der Waals surface area contributed by atoms with Crippen LogP contribution in [0.4, 0.5) is 4.79 Å².